The van der Waals surface area contributed by atoms with Crippen LogP contribution >= 0.6 is 50.7 Å². The average molecular weight is 467 g/mol. The second-order valence-corrected chi connectivity index (χ2v) is 7.62. The second kappa shape index (κ2) is 8.03. The molecule has 25 heavy (non-hydrogen) atoms. The van der Waals surface area contributed by atoms with Crippen LogP contribution in [0.5, 0.6) is 5.75 Å². The van der Waals surface area contributed by atoms with E-state index in [-0.39, 0.29) is 6.10 Å². The van der Waals surface area contributed by atoms with Crippen LogP contribution in [0.4, 0.5) is 0 Å². The van der Waals surface area contributed by atoms with Crippen LogP contribution in [0.1, 0.15) is 11.1 Å². The summed E-state index contributed by atoms with van der Waals surface area (Å²) in [6, 6.07) is 10.9. The van der Waals surface area contributed by atoms with Gasteiger partial charge in [-0.3, -0.25) is 0 Å². The molecule has 1 saturated heterocycles. The van der Waals surface area contributed by atoms with Gasteiger partial charge in [0.2, 0.25) is 5.79 Å². The summed E-state index contributed by atoms with van der Waals surface area (Å²) < 4.78 is 17.9. The van der Waals surface area contributed by atoms with E-state index in [1.54, 1.807) is 12.1 Å². The SMILES string of the molecule is Cc1ccc(Cl)c(OCC2COC(CBr)(c3ccc(Cl)cc3Cl)O2)c1. The molecule has 1 heterocycles. The molecule has 2 atom stereocenters. The third kappa shape index (κ3) is 4.26. The number of ether oxygens (including phenoxy) is 3. The van der Waals surface area contributed by atoms with E-state index in [9.17, 15) is 0 Å². The third-order valence-corrected chi connectivity index (χ3v) is 5.49. The smallest absolute Gasteiger partial charge is 0.206 e. The molecule has 0 spiro atoms. The number of hydrogen-bond donors (Lipinski definition) is 0. The fraction of sp³-hybridized carbons (Fsp3) is 0.333. The summed E-state index contributed by atoms with van der Waals surface area (Å²) in [6.45, 7) is 2.69. The molecule has 3 nitrogen and oxygen atoms in total. The molecule has 0 radical (unpaired) electrons. The second-order valence-electron chi connectivity index (χ2n) is 5.81. The number of benzene rings is 2. The minimum atomic E-state index is -0.966. The van der Waals surface area contributed by atoms with Gasteiger partial charge in [0.25, 0.3) is 0 Å². The van der Waals surface area contributed by atoms with E-state index < -0.39 is 5.79 Å². The Morgan fingerprint density at radius 1 is 1.16 bits per heavy atom. The van der Waals surface area contributed by atoms with Crippen molar-refractivity contribution in [1.82, 2.24) is 0 Å². The van der Waals surface area contributed by atoms with Gasteiger partial charge in [0.1, 0.15) is 18.5 Å². The summed E-state index contributed by atoms with van der Waals surface area (Å²) in [4.78, 5) is 0. The Labute approximate surface area is 170 Å². The van der Waals surface area contributed by atoms with Crippen molar-refractivity contribution >= 4 is 50.7 Å². The van der Waals surface area contributed by atoms with Gasteiger partial charge in [0.05, 0.1) is 22.0 Å². The van der Waals surface area contributed by atoms with Gasteiger partial charge >= 0.3 is 0 Å². The summed E-state index contributed by atoms with van der Waals surface area (Å²) in [7, 11) is 0. The first-order valence-corrected chi connectivity index (χ1v) is 9.91. The van der Waals surface area contributed by atoms with E-state index in [0.29, 0.717) is 39.4 Å². The van der Waals surface area contributed by atoms with Crippen LogP contribution in [0.3, 0.4) is 0 Å². The van der Waals surface area contributed by atoms with Gasteiger partial charge in [-0.15, -0.1) is 0 Å². The van der Waals surface area contributed by atoms with E-state index in [1.807, 2.05) is 31.2 Å². The first-order valence-electron chi connectivity index (χ1n) is 7.66. The molecule has 0 N–H and O–H groups in total. The Kier molecular flexibility index (Phi) is 6.19. The quantitative estimate of drug-likeness (QED) is 0.506. The van der Waals surface area contributed by atoms with Crippen LogP contribution < -0.4 is 4.74 Å². The molecular formula is C18H16BrCl3O3. The fourth-order valence-corrected chi connectivity index (χ4v) is 3.95. The van der Waals surface area contributed by atoms with Gasteiger partial charge in [-0.25, -0.2) is 0 Å². The molecule has 134 valence electrons. The van der Waals surface area contributed by atoms with Crippen molar-refractivity contribution in [2.24, 2.45) is 0 Å². The van der Waals surface area contributed by atoms with Crippen LogP contribution in [0.15, 0.2) is 36.4 Å². The fourth-order valence-electron chi connectivity index (χ4n) is 2.63. The van der Waals surface area contributed by atoms with Gasteiger partial charge in [-0.05, 0) is 36.8 Å². The summed E-state index contributed by atoms with van der Waals surface area (Å²) in [5.41, 5.74) is 1.80. The third-order valence-electron chi connectivity index (χ3n) is 3.89. The lowest BCUT2D eigenvalue weighted by Gasteiger charge is -2.27. The number of rotatable bonds is 5. The zero-order valence-electron chi connectivity index (χ0n) is 13.4. The lowest BCUT2D eigenvalue weighted by Crippen LogP contribution is -2.31. The summed E-state index contributed by atoms with van der Waals surface area (Å²) in [6.07, 6.45) is -0.249. The first-order chi connectivity index (χ1) is 11.9. The molecule has 0 saturated carbocycles. The van der Waals surface area contributed by atoms with Crippen molar-refractivity contribution in [1.29, 1.82) is 0 Å². The normalized spacial score (nSPS) is 23.0. The lowest BCUT2D eigenvalue weighted by molar-refractivity contribution is -0.159. The maximum atomic E-state index is 6.32. The lowest BCUT2D eigenvalue weighted by atomic mass is 10.1. The van der Waals surface area contributed by atoms with E-state index in [1.165, 1.54) is 0 Å². The zero-order valence-corrected chi connectivity index (χ0v) is 17.3. The number of hydrogen-bond acceptors (Lipinski definition) is 3. The molecule has 2 aromatic carbocycles. The van der Waals surface area contributed by atoms with Crippen molar-refractivity contribution in [3.05, 3.63) is 62.6 Å². The Morgan fingerprint density at radius 2 is 1.96 bits per heavy atom. The molecule has 3 rings (SSSR count). The van der Waals surface area contributed by atoms with Crippen molar-refractivity contribution in [2.45, 2.75) is 18.8 Å². The predicted octanol–water partition coefficient (Wildman–Crippen LogP) is 6.00. The largest absolute Gasteiger partial charge is 0.489 e. The van der Waals surface area contributed by atoms with Gasteiger partial charge in [-0.2, -0.15) is 0 Å². The van der Waals surface area contributed by atoms with E-state index in [4.69, 9.17) is 49.0 Å². The monoisotopic (exact) mass is 464 g/mol. The Hall–Kier alpha value is -0.490. The molecule has 0 bridgehead atoms. The number of halogens is 4. The van der Waals surface area contributed by atoms with Gasteiger partial charge < -0.3 is 14.2 Å². The maximum Gasteiger partial charge on any atom is 0.206 e. The van der Waals surface area contributed by atoms with Crippen LogP contribution in [0.25, 0.3) is 0 Å². The number of alkyl halides is 1. The molecule has 2 unspecified atom stereocenters. The van der Waals surface area contributed by atoms with Crippen molar-refractivity contribution in [3.8, 4) is 5.75 Å². The van der Waals surface area contributed by atoms with Gasteiger partial charge in [0, 0.05) is 10.6 Å². The summed E-state index contributed by atoms with van der Waals surface area (Å²) in [5.74, 6) is -0.335. The standard InChI is InChI=1S/C18H16BrCl3O3/c1-11-2-5-15(21)17(6-11)23-8-13-9-24-18(10-19,25-13)14-4-3-12(20)7-16(14)22/h2-7,13H,8-10H2,1H3. The minimum absolute atomic E-state index is 0.249. The molecule has 0 amide bonds. The predicted molar refractivity (Wildman–Crippen MR) is 104 cm³/mol. The first kappa shape index (κ1) is 19.3. The Bertz CT molecular complexity index is 771. The topological polar surface area (TPSA) is 27.7 Å². The number of aryl methyl sites for hydroxylation is 1. The van der Waals surface area contributed by atoms with Crippen molar-refractivity contribution in [2.75, 3.05) is 18.5 Å². The summed E-state index contributed by atoms with van der Waals surface area (Å²) >= 11 is 21.9. The Balaban J connectivity index is 1.72. The molecular weight excluding hydrogens is 450 g/mol. The van der Waals surface area contributed by atoms with Gasteiger partial charge in [-0.1, -0.05) is 62.9 Å². The molecule has 0 aromatic heterocycles. The highest BCUT2D eigenvalue weighted by molar-refractivity contribution is 9.09. The Morgan fingerprint density at radius 3 is 2.68 bits per heavy atom. The minimum Gasteiger partial charge on any atom is -0.489 e. The molecule has 1 fully saturated rings. The highest BCUT2D eigenvalue weighted by atomic mass is 79.9. The average Bonchev–Trinajstić information content (AvgIpc) is 3.00. The molecule has 0 aliphatic carbocycles. The van der Waals surface area contributed by atoms with Crippen LogP contribution in [-0.2, 0) is 15.3 Å². The summed E-state index contributed by atoms with van der Waals surface area (Å²) in [5, 5.41) is 2.06. The van der Waals surface area contributed by atoms with Crippen molar-refractivity contribution < 1.29 is 14.2 Å². The van der Waals surface area contributed by atoms with E-state index in [0.717, 1.165) is 11.1 Å². The van der Waals surface area contributed by atoms with Crippen molar-refractivity contribution in [3.63, 3.8) is 0 Å². The molecule has 1 aliphatic heterocycles. The zero-order chi connectivity index (χ0) is 18.0. The van der Waals surface area contributed by atoms with Crippen LogP contribution in [0.2, 0.25) is 15.1 Å². The van der Waals surface area contributed by atoms with Crippen LogP contribution in [0, 0.1) is 6.92 Å². The maximum absolute atomic E-state index is 6.32. The van der Waals surface area contributed by atoms with E-state index >= 15 is 0 Å². The highest BCUT2D eigenvalue weighted by Gasteiger charge is 2.44. The van der Waals surface area contributed by atoms with Gasteiger partial charge in [0.15, 0.2) is 0 Å². The molecule has 2 aromatic rings. The molecule has 7 heteroatoms. The van der Waals surface area contributed by atoms with E-state index in [2.05, 4.69) is 15.9 Å². The van der Waals surface area contributed by atoms with Crippen LogP contribution in [-0.4, -0.2) is 24.6 Å². The highest BCUT2D eigenvalue weighted by Crippen LogP contribution is 2.40. The molecule has 1 aliphatic rings.